The topological polar surface area (TPSA) is 49.7 Å². The van der Waals surface area contributed by atoms with Gasteiger partial charge in [0.2, 0.25) is 0 Å². The summed E-state index contributed by atoms with van der Waals surface area (Å²) < 4.78 is 4.73. The van der Waals surface area contributed by atoms with E-state index in [2.05, 4.69) is 0 Å². The molecule has 0 fully saturated rings. The Kier molecular flexibility index (Phi) is 4.75. The first-order chi connectivity index (χ1) is 5.37. The van der Waals surface area contributed by atoms with Crippen LogP contribution < -0.4 is 0 Å². The lowest BCUT2D eigenvalue weighted by Crippen LogP contribution is -2.33. The Hall–Kier alpha value is -0.120. The summed E-state index contributed by atoms with van der Waals surface area (Å²) in [5.41, 5.74) is 0.0359. The molecule has 0 rings (SSSR count). The Morgan fingerprint density at radius 1 is 1.17 bits per heavy atom. The van der Waals surface area contributed by atoms with Crippen molar-refractivity contribution < 1.29 is 14.9 Å². The van der Waals surface area contributed by atoms with Gasteiger partial charge in [-0.1, -0.05) is 20.8 Å². The van der Waals surface area contributed by atoms with E-state index in [1.165, 1.54) is 7.11 Å². The van der Waals surface area contributed by atoms with Gasteiger partial charge in [0.25, 0.3) is 0 Å². The molecule has 12 heavy (non-hydrogen) atoms. The van der Waals surface area contributed by atoms with Crippen molar-refractivity contribution in [2.24, 2.45) is 5.41 Å². The van der Waals surface area contributed by atoms with Crippen LogP contribution in [0.1, 0.15) is 27.2 Å². The van der Waals surface area contributed by atoms with E-state index < -0.39 is 12.2 Å². The minimum atomic E-state index is -0.769. The van der Waals surface area contributed by atoms with Crippen LogP contribution in [0.15, 0.2) is 0 Å². The Bertz CT molecular complexity index is 117. The average Bonchev–Trinajstić information content (AvgIpc) is 1.84. The van der Waals surface area contributed by atoms with Crippen molar-refractivity contribution in [3.8, 4) is 0 Å². The molecule has 0 bridgehead atoms. The summed E-state index contributed by atoms with van der Waals surface area (Å²) in [6.07, 6.45) is -0.878. The third-order valence-corrected chi connectivity index (χ3v) is 1.60. The van der Waals surface area contributed by atoms with E-state index in [1.807, 2.05) is 20.8 Å². The highest BCUT2D eigenvalue weighted by Crippen LogP contribution is 2.22. The molecule has 0 amide bonds. The summed E-state index contributed by atoms with van der Waals surface area (Å²) >= 11 is 0. The molecule has 2 N–H and O–H groups in total. The van der Waals surface area contributed by atoms with Gasteiger partial charge in [-0.25, -0.2) is 0 Å². The van der Waals surface area contributed by atoms with Crippen LogP contribution in [0.3, 0.4) is 0 Å². The molecule has 0 spiro atoms. The van der Waals surface area contributed by atoms with Crippen LogP contribution in [0, 0.1) is 5.41 Å². The van der Waals surface area contributed by atoms with Crippen LogP contribution in [-0.4, -0.2) is 36.1 Å². The van der Waals surface area contributed by atoms with E-state index in [9.17, 15) is 10.2 Å². The number of ether oxygens (including phenoxy) is 1. The monoisotopic (exact) mass is 176 g/mol. The Morgan fingerprint density at radius 2 is 1.67 bits per heavy atom. The maximum absolute atomic E-state index is 9.45. The van der Waals surface area contributed by atoms with E-state index in [1.54, 1.807) is 0 Å². The van der Waals surface area contributed by atoms with Crippen LogP contribution in [0.5, 0.6) is 0 Å². The molecule has 0 saturated carbocycles. The molecule has 74 valence electrons. The SMILES string of the molecule is COC[C@H](O)[C@@H](O)CC(C)(C)C. The maximum atomic E-state index is 9.45. The van der Waals surface area contributed by atoms with Crippen molar-refractivity contribution in [3.05, 3.63) is 0 Å². The quantitative estimate of drug-likeness (QED) is 0.666. The normalized spacial score (nSPS) is 17.5. The summed E-state index contributed by atoms with van der Waals surface area (Å²) in [5, 5.41) is 18.8. The van der Waals surface area contributed by atoms with Crippen molar-refractivity contribution in [1.29, 1.82) is 0 Å². The van der Waals surface area contributed by atoms with Crippen LogP contribution >= 0.6 is 0 Å². The molecule has 0 aliphatic rings. The van der Waals surface area contributed by atoms with Gasteiger partial charge in [0.15, 0.2) is 0 Å². The third-order valence-electron chi connectivity index (χ3n) is 1.60. The van der Waals surface area contributed by atoms with Gasteiger partial charge in [-0.05, 0) is 11.8 Å². The summed E-state index contributed by atoms with van der Waals surface area (Å²) in [7, 11) is 1.51. The van der Waals surface area contributed by atoms with Crippen molar-refractivity contribution in [1.82, 2.24) is 0 Å². The summed E-state index contributed by atoms with van der Waals surface area (Å²) in [6.45, 7) is 6.26. The van der Waals surface area contributed by atoms with Crippen molar-refractivity contribution in [2.45, 2.75) is 39.4 Å². The van der Waals surface area contributed by atoms with E-state index in [0.29, 0.717) is 6.42 Å². The van der Waals surface area contributed by atoms with Crippen molar-refractivity contribution in [3.63, 3.8) is 0 Å². The molecule has 0 aromatic rings. The predicted molar refractivity (Wildman–Crippen MR) is 48.0 cm³/mol. The van der Waals surface area contributed by atoms with Crippen LogP contribution in [0.4, 0.5) is 0 Å². The molecule has 0 aliphatic carbocycles. The molecule has 0 radical (unpaired) electrons. The molecule has 0 unspecified atom stereocenters. The Labute approximate surface area is 74.4 Å². The van der Waals surface area contributed by atoms with E-state index >= 15 is 0 Å². The number of aliphatic hydroxyl groups is 2. The highest BCUT2D eigenvalue weighted by atomic mass is 16.5. The van der Waals surface area contributed by atoms with Crippen molar-refractivity contribution >= 4 is 0 Å². The molecule has 0 saturated heterocycles. The Balaban J connectivity index is 3.78. The fourth-order valence-corrected chi connectivity index (χ4v) is 1.05. The second-order valence-electron chi connectivity index (χ2n) is 4.35. The van der Waals surface area contributed by atoms with E-state index in [-0.39, 0.29) is 12.0 Å². The first-order valence-electron chi connectivity index (χ1n) is 4.22. The van der Waals surface area contributed by atoms with Gasteiger partial charge in [0.1, 0.15) is 6.10 Å². The van der Waals surface area contributed by atoms with Crippen LogP contribution in [0.2, 0.25) is 0 Å². The summed E-state index contributed by atoms with van der Waals surface area (Å²) in [6, 6.07) is 0. The highest BCUT2D eigenvalue weighted by molar-refractivity contribution is 4.73. The molecule has 0 aromatic carbocycles. The number of rotatable bonds is 4. The minimum absolute atomic E-state index is 0.0359. The standard InChI is InChI=1S/C9H20O3/c1-9(2,3)5-7(10)8(11)6-12-4/h7-8,10-11H,5-6H2,1-4H3/t7-,8-/m0/s1. The zero-order chi connectivity index (χ0) is 9.78. The first-order valence-corrected chi connectivity index (χ1v) is 4.22. The van der Waals surface area contributed by atoms with Crippen LogP contribution in [0.25, 0.3) is 0 Å². The molecule has 0 heterocycles. The van der Waals surface area contributed by atoms with Gasteiger partial charge < -0.3 is 14.9 Å². The van der Waals surface area contributed by atoms with Gasteiger partial charge >= 0.3 is 0 Å². The molecule has 2 atom stereocenters. The fourth-order valence-electron chi connectivity index (χ4n) is 1.05. The average molecular weight is 176 g/mol. The molecular formula is C9H20O3. The van der Waals surface area contributed by atoms with E-state index in [0.717, 1.165) is 0 Å². The van der Waals surface area contributed by atoms with Crippen LogP contribution in [-0.2, 0) is 4.74 Å². The molecule has 0 aromatic heterocycles. The zero-order valence-electron chi connectivity index (χ0n) is 8.37. The third kappa shape index (κ3) is 5.52. The molecule has 3 heteroatoms. The summed E-state index contributed by atoms with van der Waals surface area (Å²) in [5.74, 6) is 0. The lowest BCUT2D eigenvalue weighted by Gasteiger charge is -2.25. The second-order valence-corrected chi connectivity index (χ2v) is 4.35. The van der Waals surface area contributed by atoms with Gasteiger partial charge in [0.05, 0.1) is 12.7 Å². The largest absolute Gasteiger partial charge is 0.390 e. The zero-order valence-corrected chi connectivity index (χ0v) is 8.37. The predicted octanol–water partition coefficient (Wildman–Crippen LogP) is 0.791. The van der Waals surface area contributed by atoms with Crippen molar-refractivity contribution in [2.75, 3.05) is 13.7 Å². The fraction of sp³-hybridized carbons (Fsp3) is 1.00. The van der Waals surface area contributed by atoms with Gasteiger partial charge in [-0.3, -0.25) is 0 Å². The molecular weight excluding hydrogens is 156 g/mol. The maximum Gasteiger partial charge on any atom is 0.103 e. The minimum Gasteiger partial charge on any atom is -0.390 e. The van der Waals surface area contributed by atoms with Gasteiger partial charge in [-0.15, -0.1) is 0 Å². The smallest absolute Gasteiger partial charge is 0.103 e. The highest BCUT2D eigenvalue weighted by Gasteiger charge is 2.22. The van der Waals surface area contributed by atoms with Gasteiger partial charge in [0, 0.05) is 7.11 Å². The number of aliphatic hydroxyl groups excluding tert-OH is 2. The number of hydrogen-bond acceptors (Lipinski definition) is 3. The Morgan fingerprint density at radius 3 is 2.00 bits per heavy atom. The first kappa shape index (κ1) is 11.9. The van der Waals surface area contributed by atoms with Gasteiger partial charge in [-0.2, -0.15) is 0 Å². The second kappa shape index (κ2) is 4.80. The number of hydrogen-bond donors (Lipinski definition) is 2. The lowest BCUT2D eigenvalue weighted by molar-refractivity contribution is -0.0411. The lowest BCUT2D eigenvalue weighted by atomic mass is 9.88. The molecule has 3 nitrogen and oxygen atoms in total. The van der Waals surface area contributed by atoms with E-state index in [4.69, 9.17) is 4.74 Å². The molecule has 0 aliphatic heterocycles. The number of methoxy groups -OCH3 is 1. The summed E-state index contributed by atoms with van der Waals surface area (Å²) in [4.78, 5) is 0.